The van der Waals surface area contributed by atoms with Gasteiger partial charge in [-0.25, -0.2) is 8.78 Å². The molecule has 0 amide bonds. The van der Waals surface area contributed by atoms with Crippen LogP contribution < -0.4 is 11.3 Å². The number of aromatic nitrogens is 1. The normalized spacial score (nSPS) is 10.8. The Hall–Kier alpha value is -1.43. The van der Waals surface area contributed by atoms with E-state index in [1.54, 1.807) is 0 Å². The van der Waals surface area contributed by atoms with Gasteiger partial charge in [0.1, 0.15) is 0 Å². The number of H-pyrrole nitrogens is 1. The summed E-state index contributed by atoms with van der Waals surface area (Å²) in [7, 11) is 0. The van der Waals surface area contributed by atoms with Crippen LogP contribution in [0.1, 0.15) is 17.7 Å². The number of hydrogen-bond acceptors (Lipinski definition) is 3. The summed E-state index contributed by atoms with van der Waals surface area (Å²) >= 11 is 0. The molecule has 72 valence electrons. The molecule has 1 aromatic rings. The van der Waals surface area contributed by atoms with Gasteiger partial charge in [-0.15, -0.1) is 0 Å². The van der Waals surface area contributed by atoms with E-state index in [-0.39, 0.29) is 11.3 Å². The monoisotopic (exact) mass is 190 g/mol. The van der Waals surface area contributed by atoms with Crippen LogP contribution in [0, 0.1) is 0 Å². The van der Waals surface area contributed by atoms with E-state index in [4.69, 9.17) is 10.8 Å². The number of nitrogens with one attached hydrogen (secondary N) is 1. The number of alkyl halides is 2. The summed E-state index contributed by atoms with van der Waals surface area (Å²) in [5.74, 6) is 0. The second kappa shape index (κ2) is 3.53. The topological polar surface area (TPSA) is 79.1 Å². The molecule has 0 fully saturated rings. The van der Waals surface area contributed by atoms with Crippen molar-refractivity contribution < 1.29 is 13.9 Å². The van der Waals surface area contributed by atoms with E-state index in [1.165, 1.54) is 0 Å². The van der Waals surface area contributed by atoms with E-state index in [0.29, 0.717) is 0 Å². The lowest BCUT2D eigenvalue weighted by Crippen LogP contribution is -2.14. The fraction of sp³-hybridized carbons (Fsp3) is 0.286. The molecular formula is C7H8F2N2O2. The van der Waals surface area contributed by atoms with Crippen molar-refractivity contribution in [2.75, 3.05) is 5.73 Å². The van der Waals surface area contributed by atoms with E-state index >= 15 is 0 Å². The molecule has 0 aromatic carbocycles. The highest BCUT2D eigenvalue weighted by molar-refractivity contribution is 5.47. The average Bonchev–Trinajstić information content (AvgIpc) is 2.02. The molecule has 0 bridgehead atoms. The highest BCUT2D eigenvalue weighted by Crippen LogP contribution is 2.22. The molecule has 0 atom stereocenters. The number of halogens is 2. The van der Waals surface area contributed by atoms with Crippen LogP contribution in [0.2, 0.25) is 0 Å². The van der Waals surface area contributed by atoms with Crippen LogP contribution in [0.25, 0.3) is 0 Å². The zero-order chi connectivity index (χ0) is 10.0. The van der Waals surface area contributed by atoms with Gasteiger partial charge in [-0.2, -0.15) is 0 Å². The number of rotatable bonds is 2. The van der Waals surface area contributed by atoms with E-state index < -0.39 is 24.3 Å². The van der Waals surface area contributed by atoms with Crippen LogP contribution >= 0.6 is 0 Å². The van der Waals surface area contributed by atoms with Gasteiger partial charge in [0.05, 0.1) is 12.3 Å². The molecule has 1 heterocycles. The second-order valence-electron chi connectivity index (χ2n) is 2.44. The van der Waals surface area contributed by atoms with Gasteiger partial charge in [0.15, 0.2) is 0 Å². The van der Waals surface area contributed by atoms with Crippen molar-refractivity contribution in [1.82, 2.24) is 4.98 Å². The predicted molar refractivity (Wildman–Crippen MR) is 42.4 cm³/mol. The molecule has 0 aliphatic carbocycles. The van der Waals surface area contributed by atoms with Crippen molar-refractivity contribution in [2.24, 2.45) is 0 Å². The molecule has 0 unspecified atom stereocenters. The summed E-state index contributed by atoms with van der Waals surface area (Å²) < 4.78 is 24.5. The Morgan fingerprint density at radius 3 is 2.69 bits per heavy atom. The zero-order valence-electron chi connectivity index (χ0n) is 6.55. The van der Waals surface area contributed by atoms with Crippen molar-refractivity contribution in [2.45, 2.75) is 13.0 Å². The van der Waals surface area contributed by atoms with Crippen LogP contribution in [0.15, 0.2) is 10.9 Å². The van der Waals surface area contributed by atoms with Gasteiger partial charge in [-0.3, -0.25) is 4.79 Å². The SMILES string of the molecule is Nc1cc(=O)[nH]c(C(F)F)c1CO. The lowest BCUT2D eigenvalue weighted by atomic mass is 10.1. The smallest absolute Gasteiger partial charge is 0.278 e. The number of aromatic amines is 1. The first-order chi connectivity index (χ1) is 6.06. The van der Waals surface area contributed by atoms with Gasteiger partial charge in [0.25, 0.3) is 6.43 Å². The third-order valence-corrected chi connectivity index (χ3v) is 1.59. The van der Waals surface area contributed by atoms with Gasteiger partial charge < -0.3 is 15.8 Å². The Morgan fingerprint density at radius 1 is 1.62 bits per heavy atom. The molecule has 0 spiro atoms. The third kappa shape index (κ3) is 1.83. The van der Waals surface area contributed by atoms with E-state index in [0.717, 1.165) is 6.07 Å². The fourth-order valence-electron chi connectivity index (χ4n) is 0.991. The molecular weight excluding hydrogens is 182 g/mol. The lowest BCUT2D eigenvalue weighted by molar-refractivity contribution is 0.141. The van der Waals surface area contributed by atoms with Gasteiger partial charge in [-0.1, -0.05) is 0 Å². The third-order valence-electron chi connectivity index (χ3n) is 1.59. The highest BCUT2D eigenvalue weighted by Gasteiger charge is 2.15. The van der Waals surface area contributed by atoms with Crippen LogP contribution in [0.5, 0.6) is 0 Å². The minimum atomic E-state index is -2.85. The van der Waals surface area contributed by atoms with Crippen LogP contribution in [0.4, 0.5) is 14.5 Å². The van der Waals surface area contributed by atoms with Crippen LogP contribution in [-0.2, 0) is 6.61 Å². The summed E-state index contributed by atoms with van der Waals surface area (Å²) in [5, 5.41) is 8.70. The Labute approximate surface area is 72.0 Å². The zero-order valence-corrected chi connectivity index (χ0v) is 6.55. The Morgan fingerprint density at radius 2 is 2.23 bits per heavy atom. The minimum Gasteiger partial charge on any atom is -0.398 e. The molecule has 1 aromatic heterocycles. The van der Waals surface area contributed by atoms with Crippen molar-refractivity contribution in [1.29, 1.82) is 0 Å². The fourth-order valence-corrected chi connectivity index (χ4v) is 0.991. The van der Waals surface area contributed by atoms with Gasteiger partial charge >= 0.3 is 0 Å². The molecule has 0 radical (unpaired) electrons. The maximum Gasteiger partial charge on any atom is 0.278 e. The van der Waals surface area contributed by atoms with Crippen LogP contribution in [-0.4, -0.2) is 10.1 Å². The molecule has 6 heteroatoms. The molecule has 0 aliphatic rings. The summed E-state index contributed by atoms with van der Waals surface area (Å²) in [6.45, 7) is -0.623. The van der Waals surface area contributed by atoms with E-state index in [1.807, 2.05) is 4.98 Å². The molecule has 4 N–H and O–H groups in total. The second-order valence-corrected chi connectivity index (χ2v) is 2.44. The highest BCUT2D eigenvalue weighted by atomic mass is 19.3. The first-order valence-corrected chi connectivity index (χ1v) is 3.47. The minimum absolute atomic E-state index is 0.124. The summed E-state index contributed by atoms with van der Waals surface area (Å²) in [6, 6.07) is 0.956. The van der Waals surface area contributed by atoms with Crippen molar-refractivity contribution in [3.05, 3.63) is 27.7 Å². The first kappa shape index (κ1) is 9.66. The molecule has 0 aliphatic heterocycles. The lowest BCUT2D eigenvalue weighted by Gasteiger charge is -2.07. The number of anilines is 1. The summed E-state index contributed by atoms with van der Waals surface area (Å²) in [6.07, 6.45) is -2.85. The largest absolute Gasteiger partial charge is 0.398 e. The average molecular weight is 190 g/mol. The van der Waals surface area contributed by atoms with E-state index in [2.05, 4.69) is 0 Å². The molecule has 1 rings (SSSR count). The predicted octanol–water partition coefficient (Wildman–Crippen LogP) is 0.387. The number of aliphatic hydroxyl groups excluding tert-OH is 1. The van der Waals surface area contributed by atoms with Crippen LogP contribution in [0.3, 0.4) is 0 Å². The van der Waals surface area contributed by atoms with Gasteiger partial charge in [0.2, 0.25) is 5.56 Å². The van der Waals surface area contributed by atoms with Crippen molar-refractivity contribution >= 4 is 5.69 Å². The molecule has 4 nitrogen and oxygen atoms in total. The summed E-state index contributed by atoms with van der Waals surface area (Å²) in [4.78, 5) is 12.7. The van der Waals surface area contributed by atoms with Gasteiger partial charge in [0, 0.05) is 17.3 Å². The number of hydrogen-bond donors (Lipinski definition) is 3. The quantitative estimate of drug-likeness (QED) is 0.631. The Bertz CT molecular complexity index is 362. The molecule has 13 heavy (non-hydrogen) atoms. The number of pyridine rings is 1. The Kier molecular flexibility index (Phi) is 2.62. The standard InChI is InChI=1S/C7H8F2N2O2/c8-7(9)6-3(2-12)4(10)1-5(13)11-6/h1,7,12H,2H2,(H3,10,11,13). The maximum absolute atomic E-state index is 12.2. The number of nitrogen functional groups attached to an aromatic ring is 1. The van der Waals surface area contributed by atoms with Crippen molar-refractivity contribution in [3.63, 3.8) is 0 Å². The van der Waals surface area contributed by atoms with Gasteiger partial charge in [-0.05, 0) is 0 Å². The molecule has 0 saturated heterocycles. The van der Waals surface area contributed by atoms with Crippen molar-refractivity contribution in [3.8, 4) is 0 Å². The Balaban J connectivity index is 3.38. The van der Waals surface area contributed by atoms with E-state index in [9.17, 15) is 13.6 Å². The maximum atomic E-state index is 12.2. The number of nitrogens with two attached hydrogens (primary N) is 1. The first-order valence-electron chi connectivity index (χ1n) is 3.47. The number of aliphatic hydroxyl groups is 1. The summed E-state index contributed by atoms with van der Waals surface area (Å²) in [5.41, 5.74) is 3.68. The molecule has 0 saturated carbocycles.